The number of ether oxygens (including phenoxy) is 1. The van der Waals surface area contributed by atoms with Gasteiger partial charge in [0.25, 0.3) is 0 Å². The second kappa shape index (κ2) is 8.03. The molecular weight excluding hydrogens is 284 g/mol. The lowest BCUT2D eigenvalue weighted by Gasteiger charge is -2.28. The van der Waals surface area contributed by atoms with E-state index >= 15 is 0 Å². The number of aliphatic hydroxyl groups is 6. The van der Waals surface area contributed by atoms with Crippen molar-refractivity contribution in [2.45, 2.75) is 30.7 Å². The van der Waals surface area contributed by atoms with Gasteiger partial charge in [-0.15, -0.1) is 0 Å². The molecule has 0 spiro atoms. The maximum absolute atomic E-state index is 11.6. The van der Waals surface area contributed by atoms with Crippen molar-refractivity contribution in [2.24, 2.45) is 0 Å². The molecule has 5 atom stereocenters. The third kappa shape index (κ3) is 4.74. The Morgan fingerprint density at radius 3 is 2.05 bits per heavy atom. The first kappa shape index (κ1) is 17.5. The van der Waals surface area contributed by atoms with E-state index in [1.807, 2.05) is 0 Å². The molecule has 1 unspecified atom stereocenters. The number of rotatable bonds is 7. The number of carbonyl (C=O) groups excluding carboxylic acids is 1. The predicted molar refractivity (Wildman–Crippen MR) is 69.0 cm³/mol. The topological polar surface area (TPSA) is 148 Å². The highest BCUT2D eigenvalue weighted by Crippen LogP contribution is 2.11. The molecule has 0 aliphatic carbocycles. The molecule has 0 saturated carbocycles. The molecular formula is C13H18O8. The van der Waals surface area contributed by atoms with E-state index in [4.69, 9.17) is 10.2 Å². The zero-order valence-electron chi connectivity index (χ0n) is 11.0. The van der Waals surface area contributed by atoms with Crippen LogP contribution in [0.1, 0.15) is 10.4 Å². The van der Waals surface area contributed by atoms with E-state index in [1.54, 1.807) is 18.2 Å². The molecule has 0 radical (unpaired) electrons. The number of carbonyl (C=O) groups is 1. The maximum Gasteiger partial charge on any atom is 0.340 e. The highest BCUT2D eigenvalue weighted by atomic mass is 16.6. The van der Waals surface area contributed by atoms with Gasteiger partial charge in [0.15, 0.2) is 0 Å². The van der Waals surface area contributed by atoms with Crippen LogP contribution in [0.15, 0.2) is 30.3 Å². The average molecular weight is 302 g/mol. The third-order valence-corrected chi connectivity index (χ3v) is 2.81. The zero-order chi connectivity index (χ0) is 16.0. The first-order valence-corrected chi connectivity index (χ1v) is 6.15. The van der Waals surface area contributed by atoms with Crippen LogP contribution in [0.5, 0.6) is 0 Å². The minimum atomic E-state index is -2.12. The van der Waals surface area contributed by atoms with Crippen LogP contribution < -0.4 is 0 Å². The van der Waals surface area contributed by atoms with Gasteiger partial charge in [-0.2, -0.15) is 0 Å². The van der Waals surface area contributed by atoms with E-state index in [2.05, 4.69) is 4.74 Å². The molecule has 0 heterocycles. The Labute approximate surface area is 120 Å². The van der Waals surface area contributed by atoms with Crippen molar-refractivity contribution >= 4 is 5.97 Å². The van der Waals surface area contributed by atoms with Gasteiger partial charge in [0.05, 0.1) is 12.2 Å². The SMILES string of the molecule is O=C(OC(O)[C@H](O)[C@H](O)[C@H](O)[C@H](O)CO)c1ccccc1. The van der Waals surface area contributed by atoms with E-state index in [9.17, 15) is 25.2 Å². The van der Waals surface area contributed by atoms with Crippen LogP contribution in [0.4, 0.5) is 0 Å². The molecule has 1 aromatic rings. The van der Waals surface area contributed by atoms with Crippen molar-refractivity contribution < 1.29 is 40.2 Å². The first-order valence-electron chi connectivity index (χ1n) is 6.15. The molecule has 21 heavy (non-hydrogen) atoms. The van der Waals surface area contributed by atoms with Gasteiger partial charge in [0.2, 0.25) is 6.29 Å². The van der Waals surface area contributed by atoms with Gasteiger partial charge in [-0.25, -0.2) is 4.79 Å². The fraction of sp³-hybridized carbons (Fsp3) is 0.462. The van der Waals surface area contributed by atoms with E-state index < -0.39 is 43.3 Å². The standard InChI is InChI=1S/C13H18O8/c14-6-8(15)9(16)10(17)11(18)13(20)21-12(19)7-4-2-1-3-5-7/h1-5,8-11,13-18,20H,6H2/t8-,9-,10-,11-,13?/m1/s1. The van der Waals surface area contributed by atoms with Crippen LogP contribution in [0.25, 0.3) is 0 Å². The summed E-state index contributed by atoms with van der Waals surface area (Å²) in [5.41, 5.74) is 0.120. The van der Waals surface area contributed by atoms with Crippen LogP contribution >= 0.6 is 0 Å². The molecule has 0 saturated heterocycles. The van der Waals surface area contributed by atoms with E-state index in [0.717, 1.165) is 0 Å². The van der Waals surface area contributed by atoms with E-state index in [-0.39, 0.29) is 5.56 Å². The van der Waals surface area contributed by atoms with E-state index in [0.29, 0.717) is 0 Å². The smallest absolute Gasteiger partial charge is 0.340 e. The Morgan fingerprint density at radius 2 is 1.52 bits per heavy atom. The second-order valence-electron chi connectivity index (χ2n) is 4.38. The fourth-order valence-electron chi connectivity index (χ4n) is 1.53. The normalized spacial score (nSPS) is 18.4. The molecule has 0 amide bonds. The summed E-state index contributed by atoms with van der Waals surface area (Å²) < 4.78 is 4.53. The number of benzene rings is 1. The quantitative estimate of drug-likeness (QED) is 0.241. The lowest BCUT2D eigenvalue weighted by Crippen LogP contribution is -2.50. The van der Waals surface area contributed by atoms with Crippen LogP contribution in [0, 0.1) is 0 Å². The van der Waals surface area contributed by atoms with Gasteiger partial charge in [-0.3, -0.25) is 0 Å². The van der Waals surface area contributed by atoms with Gasteiger partial charge < -0.3 is 35.4 Å². The molecule has 0 aromatic heterocycles. The third-order valence-electron chi connectivity index (χ3n) is 2.81. The van der Waals surface area contributed by atoms with E-state index in [1.165, 1.54) is 12.1 Å². The molecule has 1 rings (SSSR count). The van der Waals surface area contributed by atoms with Crippen molar-refractivity contribution in [1.82, 2.24) is 0 Å². The molecule has 0 aliphatic heterocycles. The molecule has 118 valence electrons. The van der Waals surface area contributed by atoms with Gasteiger partial charge in [0.1, 0.15) is 24.4 Å². The maximum atomic E-state index is 11.6. The van der Waals surface area contributed by atoms with Crippen LogP contribution in [0.3, 0.4) is 0 Å². The van der Waals surface area contributed by atoms with Crippen molar-refractivity contribution in [2.75, 3.05) is 6.61 Å². The minimum absolute atomic E-state index is 0.120. The highest BCUT2D eigenvalue weighted by Gasteiger charge is 2.35. The summed E-state index contributed by atoms with van der Waals surface area (Å²) >= 11 is 0. The lowest BCUT2D eigenvalue weighted by atomic mass is 10.0. The monoisotopic (exact) mass is 302 g/mol. The molecule has 0 fully saturated rings. The summed E-state index contributed by atoms with van der Waals surface area (Å²) in [6.45, 7) is -0.856. The molecule has 1 aromatic carbocycles. The summed E-state index contributed by atoms with van der Waals surface area (Å²) in [7, 11) is 0. The molecule has 0 bridgehead atoms. The number of esters is 1. The molecule has 6 N–H and O–H groups in total. The first-order chi connectivity index (χ1) is 9.88. The predicted octanol–water partition coefficient (Wildman–Crippen LogP) is -2.40. The van der Waals surface area contributed by atoms with Crippen LogP contribution in [0.2, 0.25) is 0 Å². The lowest BCUT2D eigenvalue weighted by molar-refractivity contribution is -0.191. The van der Waals surface area contributed by atoms with Gasteiger partial charge in [-0.1, -0.05) is 18.2 Å². The van der Waals surface area contributed by atoms with Crippen LogP contribution in [-0.4, -0.2) is 73.9 Å². The molecule has 8 heteroatoms. The van der Waals surface area contributed by atoms with Crippen molar-refractivity contribution in [3.8, 4) is 0 Å². The van der Waals surface area contributed by atoms with Crippen molar-refractivity contribution in [3.63, 3.8) is 0 Å². The number of hydrogen-bond acceptors (Lipinski definition) is 8. The van der Waals surface area contributed by atoms with Crippen molar-refractivity contribution in [1.29, 1.82) is 0 Å². The summed E-state index contributed by atoms with van der Waals surface area (Å²) in [5, 5.41) is 55.7. The molecule has 8 nitrogen and oxygen atoms in total. The van der Waals surface area contributed by atoms with Gasteiger partial charge >= 0.3 is 5.97 Å². The molecule has 0 aliphatic rings. The number of aliphatic hydroxyl groups excluding tert-OH is 6. The number of hydrogen-bond donors (Lipinski definition) is 6. The van der Waals surface area contributed by atoms with Crippen LogP contribution in [-0.2, 0) is 4.74 Å². The van der Waals surface area contributed by atoms with Gasteiger partial charge in [-0.05, 0) is 12.1 Å². The highest BCUT2D eigenvalue weighted by molar-refractivity contribution is 5.89. The largest absolute Gasteiger partial charge is 0.429 e. The summed E-state index contributed by atoms with van der Waals surface area (Å²) in [6, 6.07) is 7.63. The summed E-state index contributed by atoms with van der Waals surface area (Å²) in [5.74, 6) is -0.938. The minimum Gasteiger partial charge on any atom is -0.429 e. The Kier molecular flexibility index (Phi) is 6.69. The van der Waals surface area contributed by atoms with Gasteiger partial charge in [0, 0.05) is 0 Å². The Bertz CT molecular complexity index is 437. The van der Waals surface area contributed by atoms with Crippen molar-refractivity contribution in [3.05, 3.63) is 35.9 Å². The Hall–Kier alpha value is -1.55. The second-order valence-corrected chi connectivity index (χ2v) is 4.38. The fourth-order valence-corrected chi connectivity index (χ4v) is 1.53. The average Bonchev–Trinajstić information content (AvgIpc) is 2.52. The Morgan fingerprint density at radius 1 is 0.952 bits per heavy atom. The summed E-state index contributed by atoms with van der Waals surface area (Å²) in [6.07, 6.45) is -9.84. The summed E-state index contributed by atoms with van der Waals surface area (Å²) in [4.78, 5) is 11.6. The Balaban J connectivity index is 2.62. The zero-order valence-corrected chi connectivity index (χ0v) is 11.0.